The van der Waals surface area contributed by atoms with Gasteiger partial charge >= 0.3 is 6.09 Å². The normalized spacial score (nSPS) is 17.4. The molecule has 3 heterocycles. The van der Waals surface area contributed by atoms with E-state index in [1.165, 1.54) is 23.1 Å². The first-order valence-corrected chi connectivity index (χ1v) is 10.8. The van der Waals surface area contributed by atoms with Crippen molar-refractivity contribution in [3.8, 4) is 16.5 Å². The van der Waals surface area contributed by atoms with Gasteiger partial charge in [0.1, 0.15) is 12.4 Å². The van der Waals surface area contributed by atoms with Gasteiger partial charge in [0.05, 0.1) is 16.8 Å². The summed E-state index contributed by atoms with van der Waals surface area (Å²) in [5, 5.41) is 23.8. The second kappa shape index (κ2) is 9.86. The zero-order valence-electron chi connectivity index (χ0n) is 16.9. The van der Waals surface area contributed by atoms with Gasteiger partial charge in [-0.15, -0.1) is 21.5 Å². The third-order valence-corrected chi connectivity index (χ3v) is 6.31. The van der Waals surface area contributed by atoms with Crippen molar-refractivity contribution in [2.75, 3.05) is 13.2 Å². The van der Waals surface area contributed by atoms with Crippen LogP contribution in [0.25, 0.3) is 10.7 Å². The van der Waals surface area contributed by atoms with Gasteiger partial charge in [-0.3, -0.25) is 4.90 Å². The van der Waals surface area contributed by atoms with Crippen molar-refractivity contribution in [2.24, 2.45) is 0 Å². The predicted octanol–water partition coefficient (Wildman–Crippen LogP) is 3.99. The fraction of sp³-hybridized carbons (Fsp3) is 0.333. The fourth-order valence-electron chi connectivity index (χ4n) is 3.54. The summed E-state index contributed by atoms with van der Waals surface area (Å²) in [4.78, 5) is 15.7. The van der Waals surface area contributed by atoms with E-state index in [0.29, 0.717) is 18.8 Å². The van der Waals surface area contributed by atoms with Crippen LogP contribution in [0.15, 0.2) is 48.6 Å². The number of para-hydroxylation sites is 1. The average molecular weight is 461 g/mol. The summed E-state index contributed by atoms with van der Waals surface area (Å²) in [5.74, 6) is -0.926. The monoisotopic (exact) mass is 461 g/mol. The molecule has 8 nitrogen and oxygen atoms in total. The molecule has 1 amide bonds. The highest BCUT2D eigenvalue weighted by molar-refractivity contribution is 7.15. The van der Waals surface area contributed by atoms with Gasteiger partial charge in [0.2, 0.25) is 12.2 Å². The molecule has 0 radical (unpaired) electrons. The fourth-order valence-corrected chi connectivity index (χ4v) is 4.52. The number of alkyl halides is 2. The number of halogens is 2. The van der Waals surface area contributed by atoms with E-state index in [1.807, 2.05) is 12.1 Å². The van der Waals surface area contributed by atoms with Crippen LogP contribution in [0.2, 0.25) is 0 Å². The number of aryl methyl sites for hydroxylation is 1. The largest absolute Gasteiger partial charge is 0.508 e. The smallest absolute Gasteiger partial charge is 0.410 e. The van der Waals surface area contributed by atoms with Crippen LogP contribution in [0.1, 0.15) is 22.8 Å². The molecule has 2 unspecified atom stereocenters. The summed E-state index contributed by atoms with van der Waals surface area (Å²) >= 11 is 1.55. The molecule has 1 aliphatic rings. The van der Waals surface area contributed by atoms with E-state index < -0.39 is 24.5 Å². The molecule has 0 aliphatic carbocycles. The molecule has 4 rings (SSSR count). The van der Waals surface area contributed by atoms with E-state index in [4.69, 9.17) is 4.74 Å². The standard InChI is InChI=1S/C21H21F2N5O3S/c22-19(23)16(15-5-1-2-6-17(15)29)9-7-13-12-31-21(30)28(13)11-3-4-14-8-10-18(32-14)20-24-26-27-25-20/h1-2,5-10,13,16,19,29H,3-4,11-12H2,(H,24,25,26,27)/b9-7+. The number of tetrazole rings is 1. The Labute approximate surface area is 186 Å². The molecule has 1 aliphatic heterocycles. The zero-order chi connectivity index (χ0) is 22.5. The Morgan fingerprint density at radius 2 is 2.16 bits per heavy atom. The number of cyclic esters (lactones) is 1. The molecular formula is C21H21F2N5O3S. The molecule has 0 bridgehead atoms. The number of nitrogens with one attached hydrogen (secondary N) is 1. The summed E-state index contributed by atoms with van der Waals surface area (Å²) in [6, 6.07) is 9.49. The van der Waals surface area contributed by atoms with Crippen LogP contribution in [-0.2, 0) is 11.2 Å². The Morgan fingerprint density at radius 1 is 1.31 bits per heavy atom. The van der Waals surface area contributed by atoms with E-state index in [0.717, 1.165) is 16.2 Å². The minimum atomic E-state index is -2.70. The van der Waals surface area contributed by atoms with Crippen molar-refractivity contribution in [3.05, 3.63) is 59.0 Å². The molecule has 168 valence electrons. The number of ether oxygens (including phenoxy) is 1. The lowest BCUT2D eigenvalue weighted by atomic mass is 9.97. The molecule has 2 aromatic heterocycles. The molecule has 0 spiro atoms. The minimum Gasteiger partial charge on any atom is -0.508 e. The molecule has 32 heavy (non-hydrogen) atoms. The molecule has 1 saturated heterocycles. The molecule has 2 atom stereocenters. The number of amides is 1. The van der Waals surface area contributed by atoms with Crippen molar-refractivity contribution in [1.82, 2.24) is 25.5 Å². The first kappa shape index (κ1) is 21.9. The van der Waals surface area contributed by atoms with Gasteiger partial charge in [-0.1, -0.05) is 30.4 Å². The number of H-pyrrole nitrogens is 1. The Hall–Kier alpha value is -3.34. The highest BCUT2D eigenvalue weighted by atomic mass is 32.1. The van der Waals surface area contributed by atoms with Crippen LogP contribution >= 0.6 is 11.3 Å². The lowest BCUT2D eigenvalue weighted by molar-refractivity contribution is 0.130. The minimum absolute atomic E-state index is 0.104. The van der Waals surface area contributed by atoms with E-state index >= 15 is 0 Å². The highest BCUT2D eigenvalue weighted by Gasteiger charge is 2.31. The van der Waals surface area contributed by atoms with Crippen molar-refractivity contribution >= 4 is 17.4 Å². The van der Waals surface area contributed by atoms with Crippen LogP contribution in [0.3, 0.4) is 0 Å². The third-order valence-electron chi connectivity index (χ3n) is 5.17. The number of phenolic OH excluding ortho intramolecular Hbond substituents is 1. The van der Waals surface area contributed by atoms with Gasteiger partial charge in [-0.25, -0.2) is 13.6 Å². The Bertz CT molecular complexity index is 1070. The number of benzene rings is 1. The Kier molecular flexibility index (Phi) is 6.74. The van der Waals surface area contributed by atoms with Gasteiger partial charge in [0.15, 0.2) is 0 Å². The van der Waals surface area contributed by atoms with Crippen LogP contribution in [0, 0.1) is 0 Å². The van der Waals surface area contributed by atoms with Gasteiger partial charge in [-0.2, -0.15) is 5.21 Å². The number of nitrogens with zero attached hydrogens (tertiary/aromatic N) is 4. The molecule has 1 aromatic carbocycles. The van der Waals surface area contributed by atoms with Crippen molar-refractivity contribution < 1.29 is 23.4 Å². The summed E-state index contributed by atoms with van der Waals surface area (Å²) in [7, 11) is 0. The van der Waals surface area contributed by atoms with Crippen LogP contribution < -0.4 is 0 Å². The van der Waals surface area contributed by atoms with Gasteiger partial charge in [0, 0.05) is 17.0 Å². The third kappa shape index (κ3) is 4.93. The van der Waals surface area contributed by atoms with E-state index in [9.17, 15) is 18.7 Å². The number of aromatic amines is 1. The lowest BCUT2D eigenvalue weighted by Crippen LogP contribution is -2.33. The van der Waals surface area contributed by atoms with Gasteiger partial charge < -0.3 is 9.84 Å². The Morgan fingerprint density at radius 3 is 2.91 bits per heavy atom. The number of carbonyl (C=O) groups excluding carboxylic acids is 1. The predicted molar refractivity (Wildman–Crippen MR) is 114 cm³/mol. The van der Waals surface area contributed by atoms with Crippen molar-refractivity contribution in [3.63, 3.8) is 0 Å². The second-order valence-corrected chi connectivity index (χ2v) is 8.41. The molecule has 0 saturated carbocycles. The molecule has 1 fully saturated rings. The van der Waals surface area contributed by atoms with E-state index in [-0.39, 0.29) is 17.9 Å². The summed E-state index contributed by atoms with van der Waals surface area (Å²) < 4.78 is 32.4. The topological polar surface area (TPSA) is 104 Å². The Balaban J connectivity index is 1.37. The first-order valence-electron chi connectivity index (χ1n) is 10.0. The molecule has 2 N–H and O–H groups in total. The summed E-state index contributed by atoms with van der Waals surface area (Å²) in [5.41, 5.74) is 0.144. The number of carbonyl (C=O) groups is 1. The number of phenols is 1. The second-order valence-electron chi connectivity index (χ2n) is 7.25. The molecule has 11 heteroatoms. The van der Waals surface area contributed by atoms with Gasteiger partial charge in [0.25, 0.3) is 0 Å². The average Bonchev–Trinajstić information content (AvgIpc) is 3.52. The molecule has 3 aromatic rings. The maximum atomic E-state index is 13.6. The number of rotatable bonds is 9. The number of hydrogen-bond donors (Lipinski definition) is 2. The summed E-state index contributed by atoms with van der Waals surface area (Å²) in [6.07, 6.45) is 1.17. The maximum Gasteiger partial charge on any atom is 0.410 e. The van der Waals surface area contributed by atoms with Crippen LogP contribution in [0.4, 0.5) is 13.6 Å². The first-order chi connectivity index (χ1) is 15.5. The number of thiophene rings is 1. The van der Waals surface area contributed by atoms with E-state index in [2.05, 4.69) is 20.6 Å². The molecular weight excluding hydrogens is 440 g/mol. The number of aromatic nitrogens is 4. The maximum absolute atomic E-state index is 13.6. The number of aromatic hydroxyl groups is 1. The highest BCUT2D eigenvalue weighted by Crippen LogP contribution is 2.32. The van der Waals surface area contributed by atoms with Crippen molar-refractivity contribution in [1.29, 1.82) is 0 Å². The van der Waals surface area contributed by atoms with Crippen molar-refractivity contribution in [2.45, 2.75) is 31.2 Å². The number of hydrogen-bond acceptors (Lipinski definition) is 7. The zero-order valence-corrected chi connectivity index (χ0v) is 17.7. The summed E-state index contributed by atoms with van der Waals surface area (Å²) in [6.45, 7) is 0.534. The van der Waals surface area contributed by atoms with E-state index in [1.54, 1.807) is 29.5 Å². The van der Waals surface area contributed by atoms with Gasteiger partial charge in [-0.05, 0) is 36.3 Å². The quantitative estimate of drug-likeness (QED) is 0.467. The van der Waals surface area contributed by atoms with Crippen LogP contribution in [0.5, 0.6) is 5.75 Å². The van der Waals surface area contributed by atoms with Crippen LogP contribution in [-0.4, -0.2) is 62.3 Å². The SMILES string of the molecule is O=C1OCC(/C=C/C(c2ccccc2O)C(F)F)N1CCCc1ccc(-c2nn[nH]n2)s1. The lowest BCUT2D eigenvalue weighted by Gasteiger charge is -2.20. The number of allylic oxidation sites excluding steroid dienone is 1.